The van der Waals surface area contributed by atoms with Gasteiger partial charge in [-0.05, 0) is 0 Å². The van der Waals surface area contributed by atoms with Crippen LogP contribution in [0, 0.1) is 5.92 Å². The molecule has 0 spiro atoms. The standard InChI is InChI=1S/C6H10ClNO4/c7-1-2-12-6(11)4(3-8)5(9)10/h4H,1-3,8H2,(H,9,10). The first-order chi connectivity index (χ1) is 5.63. The second-order valence-electron chi connectivity index (χ2n) is 1.98. The van der Waals surface area contributed by atoms with E-state index in [1.54, 1.807) is 0 Å². The highest BCUT2D eigenvalue weighted by Gasteiger charge is 2.25. The van der Waals surface area contributed by atoms with Gasteiger partial charge in [-0.3, -0.25) is 9.59 Å². The Labute approximate surface area is 74.4 Å². The second-order valence-corrected chi connectivity index (χ2v) is 2.36. The summed E-state index contributed by atoms with van der Waals surface area (Å²) in [5.74, 6) is -3.27. The first-order valence-corrected chi connectivity index (χ1v) is 3.82. The van der Waals surface area contributed by atoms with E-state index in [1.165, 1.54) is 0 Å². The lowest BCUT2D eigenvalue weighted by atomic mass is 10.1. The molecule has 12 heavy (non-hydrogen) atoms. The molecule has 0 aromatic carbocycles. The van der Waals surface area contributed by atoms with Crippen LogP contribution in [0.5, 0.6) is 0 Å². The van der Waals surface area contributed by atoms with Gasteiger partial charge in [0.25, 0.3) is 0 Å². The minimum atomic E-state index is -1.28. The fourth-order valence-corrected chi connectivity index (χ4v) is 0.615. The molecule has 0 amide bonds. The fraction of sp³-hybridized carbons (Fsp3) is 0.667. The molecule has 1 atom stereocenters. The van der Waals surface area contributed by atoms with E-state index < -0.39 is 17.9 Å². The van der Waals surface area contributed by atoms with Crippen molar-refractivity contribution in [3.05, 3.63) is 0 Å². The molecule has 5 nitrogen and oxygen atoms in total. The first kappa shape index (κ1) is 11.2. The highest BCUT2D eigenvalue weighted by atomic mass is 35.5. The van der Waals surface area contributed by atoms with E-state index in [-0.39, 0.29) is 19.0 Å². The number of alkyl halides is 1. The van der Waals surface area contributed by atoms with Crippen LogP contribution in [-0.4, -0.2) is 36.1 Å². The number of hydrogen-bond donors (Lipinski definition) is 2. The van der Waals surface area contributed by atoms with E-state index in [9.17, 15) is 9.59 Å². The number of hydrogen-bond acceptors (Lipinski definition) is 4. The summed E-state index contributed by atoms with van der Waals surface area (Å²) in [6.45, 7) is -0.263. The molecule has 0 saturated heterocycles. The molecule has 70 valence electrons. The van der Waals surface area contributed by atoms with E-state index >= 15 is 0 Å². The van der Waals surface area contributed by atoms with Crippen LogP contribution in [0.1, 0.15) is 0 Å². The average molecular weight is 196 g/mol. The number of aliphatic carboxylic acids is 1. The topological polar surface area (TPSA) is 89.6 Å². The molecule has 0 aliphatic rings. The number of esters is 1. The lowest BCUT2D eigenvalue weighted by Gasteiger charge is -2.07. The Bertz CT molecular complexity index is 173. The maximum atomic E-state index is 10.8. The van der Waals surface area contributed by atoms with E-state index in [4.69, 9.17) is 22.4 Å². The zero-order valence-electron chi connectivity index (χ0n) is 6.33. The van der Waals surface area contributed by atoms with Crippen LogP contribution in [0.3, 0.4) is 0 Å². The second kappa shape index (κ2) is 5.79. The third-order valence-corrected chi connectivity index (χ3v) is 1.29. The van der Waals surface area contributed by atoms with E-state index in [0.717, 1.165) is 0 Å². The van der Waals surface area contributed by atoms with Crippen molar-refractivity contribution >= 4 is 23.5 Å². The van der Waals surface area contributed by atoms with Gasteiger partial charge in [-0.25, -0.2) is 0 Å². The first-order valence-electron chi connectivity index (χ1n) is 3.29. The lowest BCUT2D eigenvalue weighted by molar-refractivity contribution is -0.157. The van der Waals surface area contributed by atoms with Gasteiger partial charge < -0.3 is 15.6 Å². The number of halogens is 1. The Hall–Kier alpha value is -0.810. The van der Waals surface area contributed by atoms with Crippen LogP contribution in [-0.2, 0) is 14.3 Å². The summed E-state index contributed by atoms with van der Waals surface area (Å²) in [7, 11) is 0. The normalized spacial score (nSPS) is 12.2. The molecular weight excluding hydrogens is 186 g/mol. The van der Waals surface area contributed by atoms with Crippen LogP contribution in [0.15, 0.2) is 0 Å². The number of ether oxygens (including phenoxy) is 1. The molecule has 0 radical (unpaired) electrons. The van der Waals surface area contributed by atoms with Gasteiger partial charge in [0.05, 0.1) is 5.88 Å². The zero-order chi connectivity index (χ0) is 9.56. The summed E-state index contributed by atoms with van der Waals surface area (Å²) < 4.78 is 4.47. The van der Waals surface area contributed by atoms with Gasteiger partial charge in [0.15, 0.2) is 5.92 Å². The van der Waals surface area contributed by atoms with Gasteiger partial charge in [-0.2, -0.15) is 0 Å². The fourth-order valence-electron chi connectivity index (χ4n) is 0.538. The predicted octanol–water partition coefficient (Wildman–Crippen LogP) is -0.572. The molecule has 0 fully saturated rings. The largest absolute Gasteiger partial charge is 0.481 e. The van der Waals surface area contributed by atoms with Crippen molar-refractivity contribution in [1.29, 1.82) is 0 Å². The third kappa shape index (κ3) is 3.54. The highest BCUT2D eigenvalue weighted by molar-refractivity contribution is 6.18. The SMILES string of the molecule is NCC(C(=O)O)C(=O)OCCCl. The maximum Gasteiger partial charge on any atom is 0.321 e. The van der Waals surface area contributed by atoms with Gasteiger partial charge in [0.2, 0.25) is 0 Å². The van der Waals surface area contributed by atoms with Crippen molar-refractivity contribution < 1.29 is 19.4 Å². The molecule has 0 rings (SSSR count). The average Bonchev–Trinajstić information content (AvgIpc) is 2.01. The minimum absolute atomic E-state index is 0.00414. The van der Waals surface area contributed by atoms with Crippen molar-refractivity contribution in [2.45, 2.75) is 0 Å². The summed E-state index contributed by atoms with van der Waals surface area (Å²) in [5, 5.41) is 8.43. The van der Waals surface area contributed by atoms with Crippen LogP contribution in [0.25, 0.3) is 0 Å². The van der Waals surface area contributed by atoms with E-state index in [0.29, 0.717) is 0 Å². The molecule has 0 aromatic heterocycles. The molecular formula is C6H10ClNO4. The number of carbonyl (C=O) groups is 2. The molecule has 0 heterocycles. The van der Waals surface area contributed by atoms with E-state index in [2.05, 4.69) is 4.74 Å². The van der Waals surface area contributed by atoms with Crippen molar-refractivity contribution in [2.75, 3.05) is 19.0 Å². The minimum Gasteiger partial charge on any atom is -0.481 e. The molecule has 0 aromatic rings. The summed E-state index contributed by atoms with van der Waals surface area (Å²) in [4.78, 5) is 21.2. The van der Waals surface area contributed by atoms with Crippen LogP contribution >= 0.6 is 11.6 Å². The number of carboxylic acid groups (broad SMARTS) is 1. The molecule has 0 bridgehead atoms. The third-order valence-electron chi connectivity index (χ3n) is 1.14. The molecule has 0 saturated carbocycles. The lowest BCUT2D eigenvalue weighted by Crippen LogP contribution is -2.32. The monoisotopic (exact) mass is 195 g/mol. The van der Waals surface area contributed by atoms with Crippen LogP contribution in [0.2, 0.25) is 0 Å². The van der Waals surface area contributed by atoms with Gasteiger partial charge >= 0.3 is 11.9 Å². The van der Waals surface area contributed by atoms with Crippen LogP contribution in [0.4, 0.5) is 0 Å². The summed E-state index contributed by atoms with van der Waals surface area (Å²) in [6, 6.07) is 0. The van der Waals surface area contributed by atoms with Crippen molar-refractivity contribution in [3.63, 3.8) is 0 Å². The quantitative estimate of drug-likeness (QED) is 0.348. The zero-order valence-corrected chi connectivity index (χ0v) is 7.08. The molecule has 0 aliphatic carbocycles. The van der Waals surface area contributed by atoms with Gasteiger partial charge in [0.1, 0.15) is 6.61 Å². The van der Waals surface area contributed by atoms with Gasteiger partial charge in [-0.1, -0.05) is 0 Å². The number of nitrogens with two attached hydrogens (primary N) is 1. The number of rotatable bonds is 5. The Balaban J connectivity index is 3.95. The summed E-state index contributed by atoms with van der Waals surface area (Å²) in [5.41, 5.74) is 5.03. The van der Waals surface area contributed by atoms with Gasteiger partial charge in [-0.15, -0.1) is 11.6 Å². The number of carboxylic acids is 1. The van der Waals surface area contributed by atoms with Crippen molar-refractivity contribution in [1.82, 2.24) is 0 Å². The Morgan fingerprint density at radius 3 is 2.50 bits per heavy atom. The van der Waals surface area contributed by atoms with E-state index in [1.807, 2.05) is 0 Å². The molecule has 3 N–H and O–H groups in total. The molecule has 1 unspecified atom stereocenters. The highest BCUT2D eigenvalue weighted by Crippen LogP contribution is 1.97. The summed E-state index contributed by atoms with van der Waals surface area (Å²) in [6.07, 6.45) is 0. The smallest absolute Gasteiger partial charge is 0.321 e. The van der Waals surface area contributed by atoms with Crippen molar-refractivity contribution in [2.24, 2.45) is 11.7 Å². The van der Waals surface area contributed by atoms with Gasteiger partial charge in [0, 0.05) is 6.54 Å². The van der Waals surface area contributed by atoms with Crippen molar-refractivity contribution in [3.8, 4) is 0 Å². The Morgan fingerprint density at radius 2 is 2.17 bits per heavy atom. The maximum absolute atomic E-state index is 10.8. The molecule has 6 heteroatoms. The van der Waals surface area contributed by atoms with Crippen LogP contribution < -0.4 is 5.73 Å². The Kier molecular flexibility index (Phi) is 5.40. The Morgan fingerprint density at radius 1 is 1.58 bits per heavy atom. The predicted molar refractivity (Wildman–Crippen MR) is 41.9 cm³/mol. The number of carbonyl (C=O) groups excluding carboxylic acids is 1. The summed E-state index contributed by atoms with van der Waals surface area (Å²) >= 11 is 5.22. The molecule has 0 aliphatic heterocycles.